The maximum Gasteiger partial charge on any atom is 0.141 e. The van der Waals surface area contributed by atoms with Crippen LogP contribution in [0.2, 0.25) is 0 Å². The lowest BCUT2D eigenvalue weighted by Gasteiger charge is -2.15. The first-order valence-electron chi connectivity index (χ1n) is 4.81. The molecule has 16 heavy (non-hydrogen) atoms. The first-order valence-corrected chi connectivity index (χ1v) is 5.60. The normalized spacial score (nSPS) is 10.3. The van der Waals surface area contributed by atoms with Crippen molar-refractivity contribution in [2.45, 2.75) is 13.5 Å². The Morgan fingerprint density at radius 3 is 2.31 bits per heavy atom. The smallest absolute Gasteiger partial charge is 0.141 e. The average molecular weight is 290 g/mol. The molecule has 1 aromatic rings. The number of hydrogen-bond donors (Lipinski definition) is 1. The lowest BCUT2D eigenvalue weighted by Crippen LogP contribution is -2.12. The van der Waals surface area contributed by atoms with Crippen LogP contribution < -0.4 is 15.0 Å². The lowest BCUT2D eigenvalue weighted by atomic mass is 10.1. The van der Waals surface area contributed by atoms with Crippen LogP contribution in [0.5, 0.6) is 11.5 Å². The van der Waals surface area contributed by atoms with Gasteiger partial charge >= 0.3 is 0 Å². The molecule has 0 aliphatic carbocycles. The molecule has 0 saturated heterocycles. The van der Waals surface area contributed by atoms with Gasteiger partial charge in [0.15, 0.2) is 0 Å². The molecular weight excluding hydrogens is 274 g/mol. The van der Waals surface area contributed by atoms with Gasteiger partial charge < -0.3 is 14.3 Å². The molecule has 1 aromatic carbocycles. The van der Waals surface area contributed by atoms with Gasteiger partial charge in [-0.15, -0.1) is 0 Å². The average Bonchev–Trinajstić information content (AvgIpc) is 2.26. The van der Waals surface area contributed by atoms with E-state index in [-0.39, 0.29) is 0 Å². The van der Waals surface area contributed by atoms with Gasteiger partial charge in [-0.05, 0) is 34.5 Å². The Balaban J connectivity index is 3.18. The summed E-state index contributed by atoms with van der Waals surface area (Å²) in [6.07, 6.45) is 0. The van der Waals surface area contributed by atoms with Crippen LogP contribution in [0.4, 0.5) is 0 Å². The number of ether oxygens (including phenoxy) is 2. The minimum absolute atomic E-state index is 0.573. The van der Waals surface area contributed by atoms with Crippen molar-refractivity contribution < 1.29 is 14.3 Å². The van der Waals surface area contributed by atoms with Gasteiger partial charge in [0.1, 0.15) is 16.0 Å². The Morgan fingerprint density at radius 2 is 1.81 bits per heavy atom. The summed E-state index contributed by atoms with van der Waals surface area (Å²) in [7, 11) is 4.85. The standard InChI is InChI=1S/C11H16BrNO3/c1-7-5-8(6-13-16-4)11(15-3)9(12)10(7)14-2/h5,13H,6H2,1-4H3. The summed E-state index contributed by atoms with van der Waals surface area (Å²) in [4.78, 5) is 4.83. The number of hydroxylamine groups is 1. The quantitative estimate of drug-likeness (QED) is 0.845. The van der Waals surface area contributed by atoms with Gasteiger partial charge in [0.25, 0.3) is 0 Å². The van der Waals surface area contributed by atoms with Crippen molar-refractivity contribution in [2.24, 2.45) is 0 Å². The third-order valence-corrected chi connectivity index (χ3v) is 2.97. The predicted molar refractivity (Wildman–Crippen MR) is 65.8 cm³/mol. The molecule has 0 amide bonds. The highest BCUT2D eigenvalue weighted by molar-refractivity contribution is 9.10. The zero-order valence-corrected chi connectivity index (χ0v) is 11.5. The first-order chi connectivity index (χ1) is 7.65. The maximum atomic E-state index is 5.35. The van der Waals surface area contributed by atoms with E-state index in [9.17, 15) is 0 Å². The van der Waals surface area contributed by atoms with Crippen LogP contribution in [0.1, 0.15) is 11.1 Å². The second-order valence-corrected chi connectivity index (χ2v) is 4.05. The lowest BCUT2D eigenvalue weighted by molar-refractivity contribution is 0.0861. The van der Waals surface area contributed by atoms with E-state index in [1.165, 1.54) is 0 Å². The number of nitrogens with one attached hydrogen (secondary N) is 1. The SMILES string of the molecule is CONCc1cc(C)c(OC)c(Br)c1OC. The molecule has 0 unspecified atom stereocenters. The summed E-state index contributed by atoms with van der Waals surface area (Å²) in [6, 6.07) is 2.01. The zero-order chi connectivity index (χ0) is 12.1. The highest BCUT2D eigenvalue weighted by Gasteiger charge is 2.15. The maximum absolute atomic E-state index is 5.35. The second kappa shape index (κ2) is 6.08. The van der Waals surface area contributed by atoms with Gasteiger partial charge in [-0.2, -0.15) is 5.48 Å². The molecule has 0 aliphatic heterocycles. The van der Waals surface area contributed by atoms with E-state index in [1.54, 1.807) is 21.3 Å². The molecule has 0 saturated carbocycles. The molecule has 1 N–H and O–H groups in total. The van der Waals surface area contributed by atoms with Gasteiger partial charge in [-0.1, -0.05) is 0 Å². The Bertz CT molecular complexity index is 369. The topological polar surface area (TPSA) is 39.7 Å². The van der Waals surface area contributed by atoms with Gasteiger partial charge in [0.05, 0.1) is 21.3 Å². The molecule has 0 radical (unpaired) electrons. The monoisotopic (exact) mass is 289 g/mol. The van der Waals surface area contributed by atoms with Gasteiger partial charge in [0, 0.05) is 12.1 Å². The summed E-state index contributed by atoms with van der Waals surface area (Å²) >= 11 is 3.48. The van der Waals surface area contributed by atoms with E-state index in [4.69, 9.17) is 14.3 Å². The number of aryl methyl sites for hydroxylation is 1. The highest BCUT2D eigenvalue weighted by atomic mass is 79.9. The molecule has 0 fully saturated rings. The third-order valence-electron chi connectivity index (χ3n) is 2.25. The van der Waals surface area contributed by atoms with Crippen molar-refractivity contribution in [2.75, 3.05) is 21.3 Å². The summed E-state index contributed by atoms with van der Waals surface area (Å²) in [6.45, 7) is 2.56. The van der Waals surface area contributed by atoms with Crippen molar-refractivity contribution in [3.05, 3.63) is 21.7 Å². The van der Waals surface area contributed by atoms with Gasteiger partial charge in [0.2, 0.25) is 0 Å². The number of benzene rings is 1. The van der Waals surface area contributed by atoms with Crippen molar-refractivity contribution in [3.8, 4) is 11.5 Å². The van der Waals surface area contributed by atoms with Crippen LogP contribution in [0.3, 0.4) is 0 Å². The zero-order valence-electron chi connectivity index (χ0n) is 9.89. The Labute approximate surface area is 104 Å². The Morgan fingerprint density at radius 1 is 1.19 bits per heavy atom. The summed E-state index contributed by atoms with van der Waals surface area (Å²) < 4.78 is 11.5. The summed E-state index contributed by atoms with van der Waals surface area (Å²) in [5, 5.41) is 0. The molecular formula is C11H16BrNO3. The van der Waals surface area contributed by atoms with Crippen LogP contribution in [-0.2, 0) is 11.4 Å². The van der Waals surface area contributed by atoms with Crippen LogP contribution in [0.25, 0.3) is 0 Å². The number of hydrogen-bond acceptors (Lipinski definition) is 4. The molecule has 0 aliphatic rings. The van der Waals surface area contributed by atoms with Crippen LogP contribution in [-0.4, -0.2) is 21.3 Å². The number of methoxy groups -OCH3 is 2. The fourth-order valence-corrected chi connectivity index (χ4v) is 2.45. The number of halogens is 1. The van der Waals surface area contributed by atoms with Crippen LogP contribution in [0, 0.1) is 6.92 Å². The Hall–Kier alpha value is -0.780. The predicted octanol–water partition coefficient (Wildman–Crippen LogP) is 2.43. The Kier molecular flexibility index (Phi) is 5.05. The highest BCUT2D eigenvalue weighted by Crippen LogP contribution is 2.39. The van der Waals surface area contributed by atoms with E-state index in [2.05, 4.69) is 21.4 Å². The second-order valence-electron chi connectivity index (χ2n) is 3.26. The van der Waals surface area contributed by atoms with Gasteiger partial charge in [-0.3, -0.25) is 0 Å². The van der Waals surface area contributed by atoms with Crippen molar-refractivity contribution in [1.82, 2.24) is 5.48 Å². The van der Waals surface area contributed by atoms with E-state index >= 15 is 0 Å². The minimum atomic E-state index is 0.573. The van der Waals surface area contributed by atoms with E-state index in [1.807, 2.05) is 13.0 Å². The summed E-state index contributed by atoms with van der Waals surface area (Å²) in [5.41, 5.74) is 4.84. The van der Waals surface area contributed by atoms with Crippen molar-refractivity contribution in [1.29, 1.82) is 0 Å². The molecule has 0 spiro atoms. The first kappa shape index (κ1) is 13.3. The molecule has 0 atom stereocenters. The molecule has 0 aromatic heterocycles. The molecule has 4 nitrogen and oxygen atoms in total. The van der Waals surface area contributed by atoms with E-state index in [0.717, 1.165) is 27.1 Å². The minimum Gasteiger partial charge on any atom is -0.495 e. The fourth-order valence-electron chi connectivity index (χ4n) is 1.56. The van der Waals surface area contributed by atoms with Gasteiger partial charge in [-0.25, -0.2) is 0 Å². The third kappa shape index (κ3) is 2.66. The van der Waals surface area contributed by atoms with Crippen LogP contribution in [0.15, 0.2) is 10.5 Å². The largest absolute Gasteiger partial charge is 0.495 e. The molecule has 90 valence electrons. The van der Waals surface area contributed by atoms with E-state index < -0.39 is 0 Å². The van der Waals surface area contributed by atoms with Crippen LogP contribution >= 0.6 is 15.9 Å². The van der Waals surface area contributed by atoms with Crippen molar-refractivity contribution in [3.63, 3.8) is 0 Å². The fraction of sp³-hybridized carbons (Fsp3) is 0.455. The molecule has 1 rings (SSSR count). The molecule has 5 heteroatoms. The molecule has 0 bridgehead atoms. The summed E-state index contributed by atoms with van der Waals surface area (Å²) in [5.74, 6) is 1.55. The van der Waals surface area contributed by atoms with Crippen molar-refractivity contribution >= 4 is 15.9 Å². The molecule has 0 heterocycles. The number of rotatable bonds is 5. The van der Waals surface area contributed by atoms with E-state index in [0.29, 0.717) is 6.54 Å².